The van der Waals surface area contributed by atoms with Gasteiger partial charge in [0.2, 0.25) is 0 Å². The fourth-order valence-corrected chi connectivity index (χ4v) is 7.33. The van der Waals surface area contributed by atoms with Crippen LogP contribution in [0.25, 0.3) is 0 Å². The number of hydrogen-bond donors (Lipinski definition) is 1. The van der Waals surface area contributed by atoms with Gasteiger partial charge in [-0.1, -0.05) is 31.6 Å². The number of methoxy groups -OCH3 is 1. The topological polar surface area (TPSA) is 46.5 Å². The number of aliphatic hydroxyl groups is 1. The molecule has 4 rings (SSSR count). The van der Waals surface area contributed by atoms with Gasteiger partial charge in [0, 0.05) is 6.08 Å². The highest BCUT2D eigenvalue weighted by molar-refractivity contribution is 5.81. The molecule has 0 unspecified atom stereocenters. The Balaban J connectivity index is 1.57. The summed E-state index contributed by atoms with van der Waals surface area (Å²) in [5.74, 6) is 2.63. The molecule has 1 N–H and O–H groups in total. The van der Waals surface area contributed by atoms with Crippen molar-refractivity contribution in [1.29, 1.82) is 0 Å². The van der Waals surface area contributed by atoms with Crippen molar-refractivity contribution in [2.45, 2.75) is 71.3 Å². The minimum absolute atomic E-state index is 0.220. The van der Waals surface area contributed by atoms with E-state index in [1.165, 1.54) is 45.6 Å². The second kappa shape index (κ2) is 6.51. The maximum atomic E-state index is 11.6. The summed E-state index contributed by atoms with van der Waals surface area (Å²) in [4.78, 5) is 11.6. The number of ether oxygens (including phenoxy) is 1. The molecule has 3 nitrogen and oxygen atoms in total. The summed E-state index contributed by atoms with van der Waals surface area (Å²) < 4.78 is 4.79. The number of esters is 1. The van der Waals surface area contributed by atoms with Gasteiger partial charge in [-0.2, -0.15) is 0 Å². The van der Waals surface area contributed by atoms with Gasteiger partial charge in [-0.15, -0.1) is 0 Å². The summed E-state index contributed by atoms with van der Waals surface area (Å²) in [6.45, 7) is 4.96. The zero-order valence-electron chi connectivity index (χ0n) is 16.5. The molecule has 0 aromatic heterocycles. The van der Waals surface area contributed by atoms with Gasteiger partial charge in [-0.3, -0.25) is 0 Å². The maximum absolute atomic E-state index is 11.6. The molecule has 0 saturated heterocycles. The molecule has 0 aliphatic heterocycles. The largest absolute Gasteiger partial charge is 0.466 e. The smallest absolute Gasteiger partial charge is 0.330 e. The molecular weight excluding hydrogens is 324 g/mol. The Labute approximate surface area is 157 Å². The van der Waals surface area contributed by atoms with Gasteiger partial charge in [0.1, 0.15) is 0 Å². The van der Waals surface area contributed by atoms with Crippen molar-refractivity contribution >= 4 is 5.97 Å². The van der Waals surface area contributed by atoms with Crippen LogP contribution in [0, 0.1) is 34.5 Å². The van der Waals surface area contributed by atoms with Crippen molar-refractivity contribution < 1.29 is 14.6 Å². The summed E-state index contributed by atoms with van der Waals surface area (Å²) in [7, 11) is 1.45. The van der Waals surface area contributed by atoms with Crippen molar-refractivity contribution in [3.63, 3.8) is 0 Å². The lowest BCUT2D eigenvalue weighted by Gasteiger charge is -2.58. The monoisotopic (exact) mass is 358 g/mol. The standard InChI is InChI=1S/C23H34O3/c1-22-13-11-20-18(7-4-16-14-17(24)10-12-23(16,20)2)19(22)8-5-15(22)6-9-21(25)26-3/h6,9,14-15,17-20,24H,4-5,7-8,10-13H2,1-3H3/b9-6+/t15-,17+,18+,19+,20+,22-,23+/m1/s1. The van der Waals surface area contributed by atoms with Crippen LogP contribution in [0.1, 0.15) is 65.2 Å². The number of fused-ring (bicyclic) bond motifs is 5. The third kappa shape index (κ3) is 2.69. The Morgan fingerprint density at radius 3 is 2.73 bits per heavy atom. The van der Waals surface area contributed by atoms with Crippen molar-refractivity contribution in [2.24, 2.45) is 34.5 Å². The number of rotatable bonds is 2. The van der Waals surface area contributed by atoms with Crippen LogP contribution in [0.5, 0.6) is 0 Å². The molecule has 7 atom stereocenters. The van der Waals surface area contributed by atoms with Crippen LogP contribution in [0.2, 0.25) is 0 Å². The number of carbonyl (C=O) groups excluding carboxylic acids is 1. The minimum Gasteiger partial charge on any atom is -0.466 e. The zero-order valence-corrected chi connectivity index (χ0v) is 16.5. The van der Waals surface area contributed by atoms with E-state index < -0.39 is 0 Å². The van der Waals surface area contributed by atoms with Gasteiger partial charge < -0.3 is 9.84 Å². The number of aliphatic hydroxyl groups excluding tert-OH is 1. The Morgan fingerprint density at radius 2 is 1.96 bits per heavy atom. The predicted octanol–water partition coefficient (Wildman–Crippen LogP) is 4.66. The Morgan fingerprint density at radius 1 is 1.15 bits per heavy atom. The highest BCUT2D eigenvalue weighted by Gasteiger charge is 2.58. The van der Waals surface area contributed by atoms with Crippen LogP contribution in [-0.2, 0) is 9.53 Å². The van der Waals surface area contributed by atoms with Crippen LogP contribution >= 0.6 is 0 Å². The van der Waals surface area contributed by atoms with Gasteiger partial charge in [-0.25, -0.2) is 4.79 Å². The van der Waals surface area contributed by atoms with E-state index in [4.69, 9.17) is 4.74 Å². The molecule has 3 heteroatoms. The molecule has 26 heavy (non-hydrogen) atoms. The molecule has 144 valence electrons. The lowest BCUT2D eigenvalue weighted by Crippen LogP contribution is -2.50. The zero-order chi connectivity index (χ0) is 18.5. The molecule has 3 saturated carbocycles. The quantitative estimate of drug-likeness (QED) is 0.444. The van der Waals surface area contributed by atoms with Crippen molar-refractivity contribution in [2.75, 3.05) is 7.11 Å². The first-order chi connectivity index (χ1) is 12.4. The van der Waals surface area contributed by atoms with E-state index in [0.717, 1.165) is 30.6 Å². The van der Waals surface area contributed by atoms with Crippen LogP contribution in [0.3, 0.4) is 0 Å². The second-order valence-electron chi connectivity index (χ2n) is 9.74. The third-order valence-electron chi connectivity index (χ3n) is 8.83. The first-order valence-electron chi connectivity index (χ1n) is 10.5. The highest BCUT2D eigenvalue weighted by atomic mass is 16.5. The molecule has 0 aromatic rings. The van der Waals surface area contributed by atoms with Gasteiger partial charge in [0.05, 0.1) is 13.2 Å². The Bertz CT molecular complexity index is 635. The normalized spacial score (nSPS) is 47.7. The molecule has 0 amide bonds. The maximum Gasteiger partial charge on any atom is 0.330 e. The molecule has 0 heterocycles. The lowest BCUT2D eigenvalue weighted by molar-refractivity contribution is -0.134. The first-order valence-corrected chi connectivity index (χ1v) is 10.5. The van der Waals surface area contributed by atoms with E-state index in [0.29, 0.717) is 16.7 Å². The van der Waals surface area contributed by atoms with Crippen LogP contribution < -0.4 is 0 Å². The Kier molecular flexibility index (Phi) is 4.58. The van der Waals surface area contributed by atoms with Crippen LogP contribution in [-0.4, -0.2) is 24.3 Å². The number of carbonyl (C=O) groups is 1. The molecule has 4 aliphatic rings. The number of hydrogen-bond acceptors (Lipinski definition) is 3. The summed E-state index contributed by atoms with van der Waals surface area (Å²) >= 11 is 0. The summed E-state index contributed by atoms with van der Waals surface area (Å²) in [6, 6.07) is 0. The fourth-order valence-electron chi connectivity index (χ4n) is 7.33. The average Bonchev–Trinajstić information content (AvgIpc) is 2.96. The van der Waals surface area contributed by atoms with Crippen molar-refractivity contribution in [3.8, 4) is 0 Å². The van der Waals surface area contributed by atoms with E-state index >= 15 is 0 Å². The van der Waals surface area contributed by atoms with E-state index in [-0.39, 0.29) is 12.1 Å². The average molecular weight is 359 g/mol. The van der Waals surface area contributed by atoms with Gasteiger partial charge >= 0.3 is 5.97 Å². The summed E-state index contributed by atoms with van der Waals surface area (Å²) in [5, 5.41) is 10.1. The van der Waals surface area contributed by atoms with Gasteiger partial charge in [-0.05, 0) is 85.9 Å². The molecule has 4 aliphatic carbocycles. The Hall–Kier alpha value is -1.09. The molecule has 0 aromatic carbocycles. The third-order valence-corrected chi connectivity index (χ3v) is 8.83. The highest BCUT2D eigenvalue weighted by Crippen LogP contribution is 2.66. The SMILES string of the molecule is COC(=O)/C=C/[C@H]1CC[C@H]2[C@@H]3CCC4=C[C@@H](O)CC[C@]4(C)[C@H]3CC[C@]12C. The van der Waals surface area contributed by atoms with E-state index in [1.807, 2.05) is 0 Å². The van der Waals surface area contributed by atoms with Crippen LogP contribution in [0.15, 0.2) is 23.8 Å². The molecule has 3 fully saturated rings. The lowest BCUT2D eigenvalue weighted by atomic mass is 9.47. The van der Waals surface area contributed by atoms with Gasteiger partial charge in [0.25, 0.3) is 0 Å². The molecule has 0 spiro atoms. The fraction of sp³-hybridized carbons (Fsp3) is 0.783. The predicted molar refractivity (Wildman–Crippen MR) is 102 cm³/mol. The van der Waals surface area contributed by atoms with Gasteiger partial charge in [0.15, 0.2) is 0 Å². The first kappa shape index (κ1) is 18.3. The molecule has 0 bridgehead atoms. The van der Waals surface area contributed by atoms with Crippen molar-refractivity contribution in [3.05, 3.63) is 23.8 Å². The summed E-state index contributed by atoms with van der Waals surface area (Å²) in [5.41, 5.74) is 2.18. The van der Waals surface area contributed by atoms with E-state index in [9.17, 15) is 9.90 Å². The second-order valence-corrected chi connectivity index (χ2v) is 9.74. The van der Waals surface area contributed by atoms with E-state index in [1.54, 1.807) is 11.6 Å². The molecule has 0 radical (unpaired) electrons. The van der Waals surface area contributed by atoms with Crippen LogP contribution in [0.4, 0.5) is 0 Å². The summed E-state index contributed by atoms with van der Waals surface area (Å²) in [6.07, 6.45) is 15.3. The molecular formula is C23H34O3. The number of allylic oxidation sites excluding steroid dienone is 2. The minimum atomic E-state index is -0.230. The van der Waals surface area contributed by atoms with Crippen molar-refractivity contribution in [1.82, 2.24) is 0 Å². The van der Waals surface area contributed by atoms with E-state index in [2.05, 4.69) is 26.0 Å².